The maximum absolute atomic E-state index is 12.9. The van der Waals surface area contributed by atoms with Crippen LogP contribution in [-0.4, -0.2) is 55.7 Å². The highest BCUT2D eigenvalue weighted by atomic mass is 16.5. The molecule has 1 aliphatic heterocycles. The third-order valence-corrected chi connectivity index (χ3v) is 5.91. The van der Waals surface area contributed by atoms with Gasteiger partial charge < -0.3 is 24.5 Å². The molecule has 3 aromatic rings. The van der Waals surface area contributed by atoms with Crippen LogP contribution in [-0.2, 0) is 22.5 Å². The van der Waals surface area contributed by atoms with Gasteiger partial charge in [-0.05, 0) is 30.5 Å². The molecule has 0 atom stereocenters. The number of carbonyl (C=O) groups excluding carboxylic acids is 2. The van der Waals surface area contributed by atoms with Gasteiger partial charge in [0.15, 0.2) is 11.5 Å². The largest absolute Gasteiger partial charge is 0.493 e. The second-order valence-electron chi connectivity index (χ2n) is 7.94. The SMILES string of the molecule is CCOC(=O)c1[nH]c2cc(OC)c(OC)cc2c1NC(=O)CCN1CCc2ccccc2C1. The van der Waals surface area contributed by atoms with E-state index in [-0.39, 0.29) is 18.2 Å². The topological polar surface area (TPSA) is 92.9 Å². The zero-order chi connectivity index (χ0) is 23.4. The number of nitrogens with zero attached hydrogens (tertiary/aromatic N) is 1. The summed E-state index contributed by atoms with van der Waals surface area (Å²) in [6.07, 6.45) is 1.29. The maximum Gasteiger partial charge on any atom is 0.356 e. The Hall–Kier alpha value is -3.52. The van der Waals surface area contributed by atoms with Gasteiger partial charge in [0.25, 0.3) is 0 Å². The quantitative estimate of drug-likeness (QED) is 0.507. The van der Waals surface area contributed by atoms with Crippen LogP contribution in [0.25, 0.3) is 10.9 Å². The van der Waals surface area contributed by atoms with Gasteiger partial charge in [0, 0.05) is 37.5 Å². The standard InChI is InChI=1S/C25H29N3O5/c1-4-33-25(30)24-23(18-13-20(31-2)21(32-3)14-19(18)26-24)27-22(29)10-12-28-11-9-16-7-5-6-8-17(16)15-28/h5-8,13-14,26H,4,9-12,15H2,1-3H3,(H,27,29). The molecular weight excluding hydrogens is 422 g/mol. The monoisotopic (exact) mass is 451 g/mol. The van der Waals surface area contributed by atoms with Crippen LogP contribution in [0.2, 0.25) is 0 Å². The first-order valence-corrected chi connectivity index (χ1v) is 11.1. The minimum absolute atomic E-state index is 0.171. The third kappa shape index (κ3) is 4.80. The summed E-state index contributed by atoms with van der Waals surface area (Å²) in [6, 6.07) is 11.9. The molecule has 0 radical (unpaired) electrons. The highest BCUT2D eigenvalue weighted by molar-refractivity contribution is 6.11. The Kier molecular flexibility index (Phi) is 6.84. The number of anilines is 1. The Morgan fingerprint density at radius 3 is 2.55 bits per heavy atom. The van der Waals surface area contributed by atoms with Crippen molar-refractivity contribution in [1.82, 2.24) is 9.88 Å². The lowest BCUT2D eigenvalue weighted by Gasteiger charge is -2.28. The van der Waals surface area contributed by atoms with E-state index in [1.54, 1.807) is 26.2 Å². The minimum atomic E-state index is -0.533. The predicted molar refractivity (Wildman–Crippen MR) is 126 cm³/mol. The summed E-state index contributed by atoms with van der Waals surface area (Å²) in [7, 11) is 3.08. The van der Waals surface area contributed by atoms with Crippen LogP contribution in [0, 0.1) is 0 Å². The van der Waals surface area contributed by atoms with Crippen LogP contribution in [0.1, 0.15) is 35.0 Å². The highest BCUT2D eigenvalue weighted by Crippen LogP contribution is 2.37. The summed E-state index contributed by atoms with van der Waals surface area (Å²) in [4.78, 5) is 30.8. The summed E-state index contributed by atoms with van der Waals surface area (Å²) in [6.45, 7) is 4.35. The first-order valence-electron chi connectivity index (χ1n) is 11.1. The summed E-state index contributed by atoms with van der Waals surface area (Å²) < 4.78 is 16.0. The lowest BCUT2D eigenvalue weighted by atomic mass is 10.00. The zero-order valence-electron chi connectivity index (χ0n) is 19.2. The molecule has 1 amide bonds. The van der Waals surface area contributed by atoms with Gasteiger partial charge >= 0.3 is 5.97 Å². The van der Waals surface area contributed by atoms with Crippen molar-refractivity contribution in [3.8, 4) is 11.5 Å². The Morgan fingerprint density at radius 2 is 1.82 bits per heavy atom. The normalized spacial score (nSPS) is 13.4. The van der Waals surface area contributed by atoms with E-state index < -0.39 is 5.97 Å². The number of nitrogens with one attached hydrogen (secondary N) is 2. The first kappa shape index (κ1) is 22.7. The van der Waals surface area contributed by atoms with Crippen LogP contribution in [0.5, 0.6) is 11.5 Å². The molecule has 33 heavy (non-hydrogen) atoms. The first-order chi connectivity index (χ1) is 16.0. The van der Waals surface area contributed by atoms with Gasteiger partial charge in [0.05, 0.1) is 32.0 Å². The molecule has 0 saturated carbocycles. The van der Waals surface area contributed by atoms with E-state index in [9.17, 15) is 9.59 Å². The number of aromatic amines is 1. The highest BCUT2D eigenvalue weighted by Gasteiger charge is 2.23. The molecule has 0 bridgehead atoms. The number of benzene rings is 2. The van der Waals surface area contributed by atoms with E-state index in [1.165, 1.54) is 18.2 Å². The lowest BCUT2D eigenvalue weighted by molar-refractivity contribution is -0.116. The van der Waals surface area contributed by atoms with Crippen molar-refractivity contribution in [1.29, 1.82) is 0 Å². The molecule has 0 fully saturated rings. The molecule has 1 aromatic heterocycles. The van der Waals surface area contributed by atoms with Crippen molar-refractivity contribution in [3.05, 3.63) is 53.2 Å². The number of hydrogen-bond donors (Lipinski definition) is 2. The molecule has 0 unspecified atom stereocenters. The predicted octanol–water partition coefficient (Wildman–Crippen LogP) is 3.75. The van der Waals surface area contributed by atoms with E-state index in [0.717, 1.165) is 19.5 Å². The minimum Gasteiger partial charge on any atom is -0.493 e. The number of rotatable bonds is 8. The summed E-state index contributed by atoms with van der Waals surface area (Å²) in [5.41, 5.74) is 3.91. The Balaban J connectivity index is 1.53. The van der Waals surface area contributed by atoms with Crippen molar-refractivity contribution >= 4 is 28.5 Å². The fourth-order valence-corrected chi connectivity index (χ4v) is 4.21. The fourth-order valence-electron chi connectivity index (χ4n) is 4.21. The van der Waals surface area contributed by atoms with E-state index >= 15 is 0 Å². The number of amides is 1. The van der Waals surface area contributed by atoms with Crippen molar-refractivity contribution in [2.45, 2.75) is 26.3 Å². The van der Waals surface area contributed by atoms with Crippen molar-refractivity contribution in [3.63, 3.8) is 0 Å². The lowest BCUT2D eigenvalue weighted by Crippen LogP contribution is -2.33. The number of esters is 1. The summed E-state index contributed by atoms with van der Waals surface area (Å²) in [5.74, 6) is 0.316. The smallest absolute Gasteiger partial charge is 0.356 e. The molecule has 0 saturated heterocycles. The van der Waals surface area contributed by atoms with Crippen molar-refractivity contribution in [2.24, 2.45) is 0 Å². The zero-order valence-corrected chi connectivity index (χ0v) is 19.2. The van der Waals surface area contributed by atoms with Gasteiger partial charge in [0.1, 0.15) is 5.69 Å². The molecular formula is C25H29N3O5. The number of methoxy groups -OCH3 is 2. The van der Waals surface area contributed by atoms with Gasteiger partial charge in [-0.2, -0.15) is 0 Å². The van der Waals surface area contributed by atoms with Gasteiger partial charge in [-0.1, -0.05) is 24.3 Å². The van der Waals surface area contributed by atoms with Crippen molar-refractivity contribution < 1.29 is 23.8 Å². The number of carbonyl (C=O) groups is 2. The molecule has 2 N–H and O–H groups in total. The second kappa shape index (κ2) is 9.95. The Labute approximate surface area is 192 Å². The average Bonchev–Trinajstić information content (AvgIpc) is 3.18. The van der Waals surface area contributed by atoms with Gasteiger partial charge in [-0.15, -0.1) is 0 Å². The van der Waals surface area contributed by atoms with Gasteiger partial charge in [0.2, 0.25) is 5.91 Å². The molecule has 4 rings (SSSR count). The number of H-pyrrole nitrogens is 1. The molecule has 174 valence electrons. The second-order valence-corrected chi connectivity index (χ2v) is 7.94. The molecule has 8 nitrogen and oxygen atoms in total. The molecule has 0 aliphatic carbocycles. The molecule has 0 spiro atoms. The molecule has 1 aliphatic rings. The van der Waals surface area contributed by atoms with E-state index in [4.69, 9.17) is 14.2 Å². The maximum atomic E-state index is 12.9. The molecule has 2 heterocycles. The van der Waals surface area contributed by atoms with Crippen LogP contribution in [0.4, 0.5) is 5.69 Å². The fraction of sp³-hybridized carbons (Fsp3) is 0.360. The van der Waals surface area contributed by atoms with E-state index in [2.05, 4.69) is 33.4 Å². The third-order valence-electron chi connectivity index (χ3n) is 5.91. The Bertz CT molecular complexity index is 1170. The van der Waals surface area contributed by atoms with E-state index in [1.807, 2.05) is 6.07 Å². The number of ether oxygens (including phenoxy) is 3. The van der Waals surface area contributed by atoms with Crippen LogP contribution in [0.3, 0.4) is 0 Å². The van der Waals surface area contributed by atoms with Crippen LogP contribution in [0.15, 0.2) is 36.4 Å². The van der Waals surface area contributed by atoms with Gasteiger partial charge in [-0.3, -0.25) is 9.69 Å². The van der Waals surface area contributed by atoms with Crippen LogP contribution >= 0.6 is 0 Å². The number of hydrogen-bond acceptors (Lipinski definition) is 6. The van der Waals surface area contributed by atoms with Crippen molar-refractivity contribution in [2.75, 3.05) is 39.2 Å². The Morgan fingerprint density at radius 1 is 1.09 bits per heavy atom. The molecule has 8 heteroatoms. The summed E-state index contributed by atoms with van der Waals surface area (Å²) in [5, 5.41) is 3.58. The van der Waals surface area contributed by atoms with Gasteiger partial charge in [-0.25, -0.2) is 4.79 Å². The van der Waals surface area contributed by atoms with Crippen LogP contribution < -0.4 is 14.8 Å². The molecule has 2 aromatic carbocycles. The average molecular weight is 452 g/mol. The summed E-state index contributed by atoms with van der Waals surface area (Å²) >= 11 is 0. The number of aromatic nitrogens is 1. The van der Waals surface area contributed by atoms with E-state index in [0.29, 0.717) is 41.1 Å². The number of fused-ring (bicyclic) bond motifs is 2.